The van der Waals surface area contributed by atoms with Gasteiger partial charge in [0.1, 0.15) is 0 Å². The van der Waals surface area contributed by atoms with E-state index in [0.29, 0.717) is 17.8 Å². The van der Waals surface area contributed by atoms with Crippen molar-refractivity contribution >= 4 is 17.5 Å². The maximum Gasteiger partial charge on any atom is 0.222 e. The van der Waals surface area contributed by atoms with Crippen LogP contribution in [0.15, 0.2) is 0 Å². The van der Waals surface area contributed by atoms with Gasteiger partial charge in [-0.25, -0.2) is 0 Å². The summed E-state index contributed by atoms with van der Waals surface area (Å²) in [5.74, 6) is 0.925. The summed E-state index contributed by atoms with van der Waals surface area (Å²) in [6.45, 7) is 3.13. The van der Waals surface area contributed by atoms with Gasteiger partial charge >= 0.3 is 0 Å². The number of carbonyl (C=O) groups excluding carboxylic acids is 1. The topological polar surface area (TPSA) is 20.3 Å². The van der Waals surface area contributed by atoms with Crippen LogP contribution in [0.5, 0.6) is 0 Å². The van der Waals surface area contributed by atoms with Crippen LogP contribution in [0.1, 0.15) is 64.7 Å². The molecule has 100 valence electrons. The smallest absolute Gasteiger partial charge is 0.222 e. The average Bonchev–Trinajstić information content (AvgIpc) is 2.38. The van der Waals surface area contributed by atoms with E-state index in [1.807, 2.05) is 4.90 Å². The molecule has 1 amide bonds. The predicted molar refractivity (Wildman–Crippen MR) is 73.4 cm³/mol. The number of hydrogen-bond acceptors (Lipinski definition) is 1. The summed E-state index contributed by atoms with van der Waals surface area (Å²) in [5, 5.41) is 0. The fraction of sp³-hybridized carbons (Fsp3) is 0.929. The first-order chi connectivity index (χ1) is 8.29. The maximum absolute atomic E-state index is 12.1. The number of carbonyl (C=O) groups is 1. The van der Waals surface area contributed by atoms with E-state index in [1.54, 1.807) is 0 Å². The number of unbranched alkanes of at least 4 members (excludes halogenated alkanes) is 4. The molecule has 0 saturated carbocycles. The van der Waals surface area contributed by atoms with E-state index in [2.05, 4.69) is 6.92 Å². The van der Waals surface area contributed by atoms with Gasteiger partial charge in [-0.3, -0.25) is 4.79 Å². The van der Waals surface area contributed by atoms with Crippen LogP contribution in [0.25, 0.3) is 0 Å². The van der Waals surface area contributed by atoms with Crippen molar-refractivity contribution < 1.29 is 4.79 Å². The maximum atomic E-state index is 12.1. The molecule has 0 spiro atoms. The van der Waals surface area contributed by atoms with Crippen LogP contribution in [-0.2, 0) is 4.79 Å². The Morgan fingerprint density at radius 2 is 2.00 bits per heavy atom. The van der Waals surface area contributed by atoms with Gasteiger partial charge in [0.15, 0.2) is 0 Å². The summed E-state index contributed by atoms with van der Waals surface area (Å²) in [4.78, 5) is 14.1. The third kappa shape index (κ3) is 5.29. The van der Waals surface area contributed by atoms with E-state index in [-0.39, 0.29) is 0 Å². The lowest BCUT2D eigenvalue weighted by Crippen LogP contribution is -2.44. The van der Waals surface area contributed by atoms with E-state index >= 15 is 0 Å². The summed E-state index contributed by atoms with van der Waals surface area (Å²) < 4.78 is 0. The lowest BCUT2D eigenvalue weighted by atomic mass is 10.0. The van der Waals surface area contributed by atoms with E-state index < -0.39 is 0 Å². The van der Waals surface area contributed by atoms with Crippen LogP contribution in [0.2, 0.25) is 0 Å². The van der Waals surface area contributed by atoms with Crippen molar-refractivity contribution in [2.45, 2.75) is 70.8 Å². The Kier molecular flexibility index (Phi) is 7.67. The van der Waals surface area contributed by atoms with E-state index in [9.17, 15) is 4.79 Å². The number of hydrogen-bond donors (Lipinski definition) is 0. The van der Waals surface area contributed by atoms with Crippen molar-refractivity contribution in [2.24, 2.45) is 0 Å². The number of alkyl halides is 1. The summed E-state index contributed by atoms with van der Waals surface area (Å²) >= 11 is 5.93. The molecule has 0 N–H and O–H groups in total. The molecule has 1 saturated heterocycles. The van der Waals surface area contributed by atoms with E-state index in [0.717, 1.165) is 32.2 Å². The molecule has 1 aliphatic heterocycles. The lowest BCUT2D eigenvalue weighted by molar-refractivity contribution is -0.134. The van der Waals surface area contributed by atoms with Crippen molar-refractivity contribution in [2.75, 3.05) is 12.4 Å². The fourth-order valence-corrected chi connectivity index (χ4v) is 2.83. The molecule has 2 nitrogen and oxygen atoms in total. The third-order valence-electron chi connectivity index (χ3n) is 3.62. The Bertz CT molecular complexity index is 220. The van der Waals surface area contributed by atoms with Gasteiger partial charge in [0.25, 0.3) is 0 Å². The summed E-state index contributed by atoms with van der Waals surface area (Å²) in [5.41, 5.74) is 0. The van der Waals surface area contributed by atoms with Crippen LogP contribution in [-0.4, -0.2) is 29.3 Å². The highest BCUT2D eigenvalue weighted by Gasteiger charge is 2.25. The third-order valence-corrected chi connectivity index (χ3v) is 3.98. The van der Waals surface area contributed by atoms with Crippen LogP contribution in [0, 0.1) is 0 Å². The minimum Gasteiger partial charge on any atom is -0.339 e. The highest BCUT2D eigenvalue weighted by Crippen LogP contribution is 2.19. The zero-order valence-electron chi connectivity index (χ0n) is 11.1. The van der Waals surface area contributed by atoms with Crippen LogP contribution < -0.4 is 0 Å². The molecule has 0 bridgehead atoms. The molecular weight excluding hydrogens is 234 g/mol. The van der Waals surface area contributed by atoms with Gasteiger partial charge in [-0.05, 0) is 25.7 Å². The minimum atomic E-state index is 0.300. The number of piperidine rings is 1. The molecule has 0 aromatic rings. The van der Waals surface area contributed by atoms with Gasteiger partial charge in [0, 0.05) is 24.9 Å². The van der Waals surface area contributed by atoms with E-state index in [4.69, 9.17) is 11.6 Å². The molecule has 1 unspecified atom stereocenters. The molecule has 0 aromatic carbocycles. The quantitative estimate of drug-likeness (QED) is 0.501. The summed E-state index contributed by atoms with van der Waals surface area (Å²) in [6, 6.07) is 0.300. The van der Waals surface area contributed by atoms with Gasteiger partial charge in [-0.1, -0.05) is 32.6 Å². The Morgan fingerprint density at radius 3 is 2.71 bits per heavy atom. The SMILES string of the molecule is CCCCCCCC(=O)N1CCCCC1CCl. The molecule has 17 heavy (non-hydrogen) atoms. The van der Waals surface area contributed by atoms with Crippen molar-refractivity contribution in [1.29, 1.82) is 0 Å². The molecule has 3 heteroatoms. The van der Waals surface area contributed by atoms with Gasteiger partial charge in [-0.15, -0.1) is 11.6 Å². The zero-order valence-corrected chi connectivity index (χ0v) is 11.8. The van der Waals surface area contributed by atoms with Crippen molar-refractivity contribution in [3.63, 3.8) is 0 Å². The molecule has 1 aliphatic rings. The number of rotatable bonds is 7. The number of halogens is 1. The Morgan fingerprint density at radius 1 is 1.24 bits per heavy atom. The second-order valence-electron chi connectivity index (χ2n) is 5.06. The van der Waals surface area contributed by atoms with Gasteiger partial charge < -0.3 is 4.90 Å². The average molecular weight is 260 g/mol. The Hall–Kier alpha value is -0.240. The summed E-state index contributed by atoms with van der Waals surface area (Å²) in [6.07, 6.45) is 10.2. The van der Waals surface area contributed by atoms with Crippen molar-refractivity contribution in [3.05, 3.63) is 0 Å². The predicted octanol–water partition coefficient (Wildman–Crippen LogP) is 3.97. The summed E-state index contributed by atoms with van der Waals surface area (Å²) in [7, 11) is 0. The van der Waals surface area contributed by atoms with Gasteiger partial charge in [-0.2, -0.15) is 0 Å². The molecule has 0 aliphatic carbocycles. The van der Waals surface area contributed by atoms with Crippen molar-refractivity contribution in [1.82, 2.24) is 4.90 Å². The lowest BCUT2D eigenvalue weighted by Gasteiger charge is -2.34. The van der Waals surface area contributed by atoms with Crippen LogP contribution >= 0.6 is 11.6 Å². The largest absolute Gasteiger partial charge is 0.339 e. The highest BCUT2D eigenvalue weighted by molar-refractivity contribution is 6.18. The zero-order chi connectivity index (χ0) is 12.5. The Balaban J connectivity index is 2.20. The standard InChI is InChI=1S/C14H26ClNO/c1-2-3-4-5-6-10-14(17)16-11-8-7-9-13(16)12-15/h13H,2-12H2,1H3. The Labute approximate surface area is 111 Å². The molecule has 1 rings (SSSR count). The van der Waals surface area contributed by atoms with Gasteiger partial charge in [0.05, 0.1) is 0 Å². The highest BCUT2D eigenvalue weighted by atomic mass is 35.5. The number of amides is 1. The number of nitrogens with zero attached hydrogens (tertiary/aromatic N) is 1. The minimum absolute atomic E-state index is 0.300. The van der Waals surface area contributed by atoms with Crippen LogP contribution in [0.4, 0.5) is 0 Å². The molecule has 1 heterocycles. The second-order valence-corrected chi connectivity index (χ2v) is 5.36. The first kappa shape index (κ1) is 14.8. The normalized spacial score (nSPS) is 20.6. The molecular formula is C14H26ClNO. The monoisotopic (exact) mass is 259 g/mol. The molecule has 0 radical (unpaired) electrons. The molecule has 1 atom stereocenters. The second kappa shape index (κ2) is 8.79. The first-order valence-electron chi connectivity index (χ1n) is 7.15. The molecule has 1 fully saturated rings. The fourth-order valence-electron chi connectivity index (χ4n) is 2.51. The number of likely N-dealkylation sites (tertiary alicyclic amines) is 1. The van der Waals surface area contributed by atoms with Crippen molar-refractivity contribution in [3.8, 4) is 0 Å². The van der Waals surface area contributed by atoms with Gasteiger partial charge in [0.2, 0.25) is 5.91 Å². The first-order valence-corrected chi connectivity index (χ1v) is 7.68. The molecule has 0 aromatic heterocycles. The van der Waals surface area contributed by atoms with Crippen LogP contribution in [0.3, 0.4) is 0 Å². The van der Waals surface area contributed by atoms with E-state index in [1.165, 1.54) is 32.1 Å².